The van der Waals surface area contributed by atoms with Gasteiger partial charge in [-0.25, -0.2) is 4.79 Å². The number of rotatable bonds is 7. The van der Waals surface area contributed by atoms with Crippen LogP contribution in [0, 0.1) is 11.8 Å². The third-order valence-corrected chi connectivity index (χ3v) is 8.73. The third-order valence-electron chi connectivity index (χ3n) is 8.73. The molecule has 0 saturated carbocycles. The Bertz CT molecular complexity index is 1400. The maximum absolute atomic E-state index is 13.5. The van der Waals surface area contributed by atoms with E-state index < -0.39 is 12.2 Å². The molecule has 2 aliphatic rings. The van der Waals surface area contributed by atoms with Crippen molar-refractivity contribution < 1.29 is 19.7 Å². The number of urea groups is 1. The van der Waals surface area contributed by atoms with Crippen LogP contribution in [0.25, 0.3) is 0 Å². The summed E-state index contributed by atoms with van der Waals surface area (Å²) in [6.45, 7) is 7.85. The number of ether oxygens (including phenoxy) is 1. The van der Waals surface area contributed by atoms with Gasteiger partial charge in [0.25, 0.3) is 0 Å². The largest absolute Gasteiger partial charge is 0.497 e. The molecular formula is C35H42N4O4. The van der Waals surface area contributed by atoms with Crippen molar-refractivity contribution in [1.82, 2.24) is 14.7 Å². The molecule has 2 fully saturated rings. The number of fused-ring (bicyclic) bond motifs is 1. The lowest BCUT2D eigenvalue weighted by Gasteiger charge is -2.59. The number of amides is 2. The van der Waals surface area contributed by atoms with Gasteiger partial charge in [0, 0.05) is 54.5 Å². The fourth-order valence-electron chi connectivity index (χ4n) is 6.19. The molecule has 5 rings (SSSR count). The Morgan fingerprint density at radius 3 is 2.14 bits per heavy atom. The van der Waals surface area contributed by atoms with Gasteiger partial charge < -0.3 is 30.1 Å². The number of carbonyl (C=O) groups is 1. The van der Waals surface area contributed by atoms with E-state index in [0.29, 0.717) is 24.5 Å². The first-order chi connectivity index (χ1) is 20.9. The Morgan fingerprint density at radius 2 is 1.51 bits per heavy atom. The monoisotopic (exact) mass is 582 g/mol. The maximum Gasteiger partial charge on any atom is 0.321 e. The minimum Gasteiger partial charge on any atom is -0.497 e. The lowest BCUT2D eigenvalue weighted by atomic mass is 9.73. The summed E-state index contributed by atoms with van der Waals surface area (Å²) in [4.78, 5) is 19.8. The summed E-state index contributed by atoms with van der Waals surface area (Å²) in [5, 5.41) is 24.8. The standard InChI is InChI=1S/C35H42N4O4/c1-4-37(5-2)21-30-34(27-15-13-26(14-16-27)12-11-25-9-7-6-8-10-25)31-22-38(23-32(40)33(41)24-39(30)31)35(42)36-28-17-19-29(43-3)20-18-28/h6-10,13-20,30-34,40-41H,4-5,21-24H2,1-3H3,(H,36,42)/t30-,31+,32?,33?,34+/m1/s1. The van der Waals surface area contributed by atoms with Gasteiger partial charge >= 0.3 is 6.03 Å². The predicted molar refractivity (Wildman–Crippen MR) is 169 cm³/mol. The van der Waals surface area contributed by atoms with E-state index in [2.05, 4.69) is 65.1 Å². The molecule has 0 radical (unpaired) electrons. The number of nitrogens with zero attached hydrogens (tertiary/aromatic N) is 3. The van der Waals surface area contributed by atoms with Crippen LogP contribution < -0.4 is 10.1 Å². The minimum atomic E-state index is -1.04. The van der Waals surface area contributed by atoms with Gasteiger partial charge in [-0.05, 0) is 67.2 Å². The van der Waals surface area contributed by atoms with Crippen LogP contribution >= 0.6 is 0 Å². The van der Waals surface area contributed by atoms with Crippen molar-refractivity contribution in [3.05, 3.63) is 95.6 Å². The van der Waals surface area contributed by atoms with Crippen molar-refractivity contribution in [2.45, 2.75) is 44.1 Å². The van der Waals surface area contributed by atoms with Crippen molar-refractivity contribution in [3.8, 4) is 17.6 Å². The van der Waals surface area contributed by atoms with Crippen molar-refractivity contribution in [3.63, 3.8) is 0 Å². The summed E-state index contributed by atoms with van der Waals surface area (Å²) in [7, 11) is 1.60. The Balaban J connectivity index is 1.40. The molecule has 2 unspecified atom stereocenters. The summed E-state index contributed by atoms with van der Waals surface area (Å²) in [6, 6.07) is 25.3. The molecule has 2 saturated heterocycles. The maximum atomic E-state index is 13.5. The number of anilines is 1. The third kappa shape index (κ3) is 7.20. The van der Waals surface area contributed by atoms with E-state index in [1.165, 1.54) is 5.56 Å². The highest BCUT2D eigenvalue weighted by Gasteiger charge is 2.52. The first-order valence-electron chi connectivity index (χ1n) is 15.1. The van der Waals surface area contributed by atoms with Gasteiger partial charge in [0.2, 0.25) is 0 Å². The average Bonchev–Trinajstić information content (AvgIpc) is 3.03. The highest BCUT2D eigenvalue weighted by molar-refractivity contribution is 5.89. The van der Waals surface area contributed by atoms with E-state index in [9.17, 15) is 15.0 Å². The minimum absolute atomic E-state index is 0.00872. The molecule has 0 aliphatic carbocycles. The molecule has 3 aromatic rings. The van der Waals surface area contributed by atoms with Crippen LogP contribution in [0.5, 0.6) is 5.75 Å². The number of aliphatic hydroxyl groups excluding tert-OH is 2. The molecule has 43 heavy (non-hydrogen) atoms. The summed E-state index contributed by atoms with van der Waals surface area (Å²) < 4.78 is 5.23. The average molecular weight is 583 g/mol. The number of nitrogens with one attached hydrogen (secondary N) is 1. The molecule has 8 heteroatoms. The van der Waals surface area contributed by atoms with Crippen molar-refractivity contribution >= 4 is 11.7 Å². The van der Waals surface area contributed by atoms with E-state index in [1.807, 2.05) is 30.3 Å². The van der Waals surface area contributed by atoms with Crippen LogP contribution in [0.2, 0.25) is 0 Å². The predicted octanol–water partition coefficient (Wildman–Crippen LogP) is 3.84. The summed E-state index contributed by atoms with van der Waals surface area (Å²) in [5.41, 5.74) is 3.75. The van der Waals surface area contributed by atoms with Gasteiger partial charge in [0.15, 0.2) is 0 Å². The van der Waals surface area contributed by atoms with Crippen LogP contribution in [0.1, 0.15) is 36.5 Å². The van der Waals surface area contributed by atoms with Crippen LogP contribution in [0.3, 0.4) is 0 Å². The van der Waals surface area contributed by atoms with E-state index in [-0.39, 0.29) is 30.6 Å². The highest BCUT2D eigenvalue weighted by atomic mass is 16.5. The molecule has 3 N–H and O–H groups in total. The molecule has 0 bridgehead atoms. The Morgan fingerprint density at radius 1 is 0.884 bits per heavy atom. The quantitative estimate of drug-likeness (QED) is 0.367. The number of carbonyl (C=O) groups excluding carboxylic acids is 1. The number of benzene rings is 3. The van der Waals surface area contributed by atoms with Crippen molar-refractivity contribution in [1.29, 1.82) is 0 Å². The number of likely N-dealkylation sites (N-methyl/N-ethyl adjacent to an activating group) is 1. The first kappa shape index (κ1) is 30.6. The lowest BCUT2D eigenvalue weighted by Crippen LogP contribution is -2.72. The van der Waals surface area contributed by atoms with E-state index in [0.717, 1.165) is 30.8 Å². The SMILES string of the molecule is CCN(CC)C[C@@H]1[C@H](c2ccc(C#Cc3ccccc3)cc2)[C@@H]2CN(C(=O)Nc3ccc(OC)cc3)CC(O)C(O)CN12. The molecule has 2 amide bonds. The number of aliphatic hydroxyl groups is 2. The molecule has 3 aromatic carbocycles. The highest BCUT2D eigenvalue weighted by Crippen LogP contribution is 2.42. The van der Waals surface area contributed by atoms with Crippen LogP contribution in [0.15, 0.2) is 78.9 Å². The number of methoxy groups -OCH3 is 1. The van der Waals surface area contributed by atoms with Gasteiger partial charge in [-0.15, -0.1) is 0 Å². The lowest BCUT2D eigenvalue weighted by molar-refractivity contribution is -0.107. The van der Waals surface area contributed by atoms with Crippen LogP contribution in [-0.4, -0.2) is 102 Å². The molecule has 2 heterocycles. The molecule has 0 aromatic heterocycles. The van der Waals surface area contributed by atoms with Crippen LogP contribution in [0.4, 0.5) is 10.5 Å². The van der Waals surface area contributed by atoms with Gasteiger partial charge in [0.05, 0.1) is 25.9 Å². The number of β-amino-alcohol motifs (C(OH)–C–C–N with tert-alkyl or cyclic N) is 1. The van der Waals surface area contributed by atoms with Crippen LogP contribution in [-0.2, 0) is 0 Å². The topological polar surface area (TPSA) is 88.5 Å². The van der Waals surface area contributed by atoms with Crippen molar-refractivity contribution in [2.24, 2.45) is 0 Å². The summed E-state index contributed by atoms with van der Waals surface area (Å²) in [5.74, 6) is 7.34. The first-order valence-corrected chi connectivity index (χ1v) is 15.1. The smallest absolute Gasteiger partial charge is 0.321 e. The molecule has 0 spiro atoms. The second-order valence-electron chi connectivity index (χ2n) is 11.3. The van der Waals surface area contributed by atoms with E-state index >= 15 is 0 Å². The summed E-state index contributed by atoms with van der Waals surface area (Å²) >= 11 is 0. The van der Waals surface area contributed by atoms with E-state index in [1.54, 1.807) is 36.3 Å². The number of hydrogen-bond acceptors (Lipinski definition) is 6. The fraction of sp³-hybridized carbons (Fsp3) is 0.400. The van der Waals surface area contributed by atoms with Gasteiger partial charge in [-0.3, -0.25) is 4.90 Å². The normalized spacial score (nSPS) is 23.7. The molecule has 8 nitrogen and oxygen atoms in total. The zero-order chi connectivity index (χ0) is 30.3. The van der Waals surface area contributed by atoms with Gasteiger partial charge in [0.1, 0.15) is 5.75 Å². The second-order valence-corrected chi connectivity index (χ2v) is 11.3. The van der Waals surface area contributed by atoms with Gasteiger partial charge in [-0.2, -0.15) is 0 Å². The van der Waals surface area contributed by atoms with Crippen molar-refractivity contribution in [2.75, 3.05) is 51.7 Å². The Hall–Kier alpha value is -3.87. The summed E-state index contributed by atoms with van der Waals surface area (Å²) in [6.07, 6.45) is -2.01. The van der Waals surface area contributed by atoms with E-state index in [4.69, 9.17) is 4.74 Å². The molecule has 5 atom stereocenters. The number of hydrogen-bond donors (Lipinski definition) is 3. The molecule has 2 aliphatic heterocycles. The Labute approximate surface area is 254 Å². The van der Waals surface area contributed by atoms with Gasteiger partial charge in [-0.1, -0.05) is 56.0 Å². The Kier molecular flexibility index (Phi) is 10.0. The molecular weight excluding hydrogens is 540 g/mol. The zero-order valence-electron chi connectivity index (χ0n) is 25.2. The zero-order valence-corrected chi connectivity index (χ0v) is 25.2. The fourth-order valence-corrected chi connectivity index (χ4v) is 6.19. The second kappa shape index (κ2) is 14.1. The molecule has 226 valence electrons.